The molecule has 0 amide bonds. The molecule has 22 heavy (non-hydrogen) atoms. The van der Waals surface area contributed by atoms with Crippen molar-refractivity contribution in [2.75, 3.05) is 27.1 Å². The zero-order valence-electron chi connectivity index (χ0n) is 15.0. The van der Waals surface area contributed by atoms with Crippen LogP contribution in [0.5, 0.6) is 0 Å². The van der Waals surface area contributed by atoms with Crippen molar-refractivity contribution in [3.63, 3.8) is 0 Å². The summed E-state index contributed by atoms with van der Waals surface area (Å²) in [5.74, 6) is 0. The van der Waals surface area contributed by atoms with E-state index in [9.17, 15) is 0 Å². The van der Waals surface area contributed by atoms with Gasteiger partial charge in [-0.3, -0.25) is 0 Å². The van der Waals surface area contributed by atoms with Crippen molar-refractivity contribution < 1.29 is 14.6 Å². The minimum atomic E-state index is 0.363. The number of hydrogen-bond donors (Lipinski definition) is 1. The third kappa shape index (κ3) is 19.9. The predicted octanol–water partition coefficient (Wildman–Crippen LogP) is 5.45. The Morgan fingerprint density at radius 2 is 0.909 bits per heavy atom. The lowest BCUT2D eigenvalue weighted by molar-refractivity contribution is -0.0315. The van der Waals surface area contributed by atoms with Gasteiger partial charge in [0, 0.05) is 20.3 Å². The Labute approximate surface area is 138 Å². The second-order valence-corrected chi connectivity index (χ2v) is 6.34. The number of rotatable bonds is 19. The highest BCUT2D eigenvalue weighted by Crippen LogP contribution is 2.13. The van der Waals surface area contributed by atoms with Crippen molar-refractivity contribution in [3.05, 3.63) is 0 Å². The summed E-state index contributed by atoms with van der Waals surface area (Å²) in [5.41, 5.74) is 0. The van der Waals surface area contributed by atoms with Crippen LogP contribution in [0, 0.1) is 0 Å². The van der Waals surface area contributed by atoms with E-state index in [-0.39, 0.29) is 0 Å². The Bertz CT molecular complexity index is 166. The number of ether oxygens (including phenoxy) is 2. The van der Waals surface area contributed by atoms with Gasteiger partial charge in [0.15, 0.2) is 0 Å². The second kappa shape index (κ2) is 20.9. The summed E-state index contributed by atoms with van der Waals surface area (Å²) in [6, 6.07) is 0. The van der Waals surface area contributed by atoms with Gasteiger partial charge in [0.25, 0.3) is 0 Å². The van der Waals surface area contributed by atoms with E-state index in [1.165, 1.54) is 89.9 Å². The fraction of sp³-hybridized carbons (Fsp3) is 1.00. The third-order valence-corrected chi connectivity index (χ3v) is 4.15. The van der Waals surface area contributed by atoms with Crippen molar-refractivity contribution >= 4 is 0 Å². The average Bonchev–Trinajstić information content (AvgIpc) is 2.54. The van der Waals surface area contributed by atoms with E-state index in [4.69, 9.17) is 14.6 Å². The van der Waals surface area contributed by atoms with Gasteiger partial charge >= 0.3 is 0 Å². The van der Waals surface area contributed by atoms with Gasteiger partial charge in [-0.1, -0.05) is 83.5 Å². The number of hydrogen-bond acceptors (Lipinski definition) is 3. The molecule has 0 bridgehead atoms. The molecule has 0 aliphatic heterocycles. The molecule has 0 atom stereocenters. The molecule has 0 aromatic rings. The first kappa shape index (κ1) is 21.9. The van der Waals surface area contributed by atoms with Crippen molar-refractivity contribution in [2.45, 2.75) is 96.3 Å². The first-order chi connectivity index (χ1) is 10.9. The minimum absolute atomic E-state index is 0.363. The molecule has 134 valence electrons. The molecule has 3 nitrogen and oxygen atoms in total. The Hall–Kier alpha value is -0.120. The van der Waals surface area contributed by atoms with Gasteiger partial charge in [-0.25, -0.2) is 0 Å². The molecule has 0 unspecified atom stereocenters. The summed E-state index contributed by atoms with van der Waals surface area (Å²) in [7, 11) is 1.67. The standard InChI is InChI=1S/C19H40O3/c1-21-19-22-18-16-14-12-10-8-6-4-2-3-5-7-9-11-13-15-17-20/h20H,2-19H2,1H3. The largest absolute Gasteiger partial charge is 0.396 e. The van der Waals surface area contributed by atoms with E-state index in [2.05, 4.69) is 0 Å². The molecule has 0 aromatic carbocycles. The van der Waals surface area contributed by atoms with Crippen molar-refractivity contribution in [1.29, 1.82) is 0 Å². The Morgan fingerprint density at radius 3 is 1.27 bits per heavy atom. The lowest BCUT2D eigenvalue weighted by Crippen LogP contribution is -1.98. The van der Waals surface area contributed by atoms with E-state index in [1.807, 2.05) is 0 Å². The number of methoxy groups -OCH3 is 1. The highest BCUT2D eigenvalue weighted by atomic mass is 16.7. The SMILES string of the molecule is COCOCCCCCCCCCCCCCCCCCO. The third-order valence-electron chi connectivity index (χ3n) is 4.15. The second-order valence-electron chi connectivity index (χ2n) is 6.34. The molecular weight excluding hydrogens is 276 g/mol. The van der Waals surface area contributed by atoms with Gasteiger partial charge in [0.05, 0.1) is 0 Å². The molecule has 0 aromatic heterocycles. The van der Waals surface area contributed by atoms with Gasteiger partial charge in [0.2, 0.25) is 0 Å². The normalized spacial score (nSPS) is 11.2. The van der Waals surface area contributed by atoms with Gasteiger partial charge in [-0.05, 0) is 12.8 Å². The van der Waals surface area contributed by atoms with E-state index in [0.717, 1.165) is 13.0 Å². The molecule has 0 aliphatic carbocycles. The summed E-state index contributed by atoms with van der Waals surface area (Å²) in [6.45, 7) is 1.64. The molecule has 3 heteroatoms. The number of unbranched alkanes of at least 4 members (excludes halogenated alkanes) is 14. The zero-order chi connectivity index (χ0) is 16.1. The fourth-order valence-corrected chi connectivity index (χ4v) is 2.76. The smallest absolute Gasteiger partial charge is 0.146 e. The molecule has 0 saturated carbocycles. The van der Waals surface area contributed by atoms with Gasteiger partial charge in [-0.15, -0.1) is 0 Å². The first-order valence-corrected chi connectivity index (χ1v) is 9.59. The maximum absolute atomic E-state index is 8.69. The Balaban J connectivity index is 2.91. The fourth-order valence-electron chi connectivity index (χ4n) is 2.76. The van der Waals surface area contributed by atoms with Crippen LogP contribution in [0.3, 0.4) is 0 Å². The number of aliphatic hydroxyl groups is 1. The molecule has 0 spiro atoms. The Kier molecular flexibility index (Phi) is 20.8. The molecular formula is C19H40O3. The molecule has 0 radical (unpaired) electrons. The summed E-state index contributed by atoms with van der Waals surface area (Å²) in [4.78, 5) is 0. The molecule has 0 rings (SSSR count). The zero-order valence-corrected chi connectivity index (χ0v) is 15.0. The molecule has 0 aliphatic rings. The van der Waals surface area contributed by atoms with Crippen LogP contribution >= 0.6 is 0 Å². The number of aliphatic hydroxyl groups excluding tert-OH is 1. The van der Waals surface area contributed by atoms with Gasteiger partial charge < -0.3 is 14.6 Å². The molecule has 0 saturated heterocycles. The summed E-state index contributed by atoms with van der Waals surface area (Å²) in [5, 5.41) is 8.69. The van der Waals surface area contributed by atoms with Crippen molar-refractivity contribution in [2.24, 2.45) is 0 Å². The summed E-state index contributed by atoms with van der Waals surface area (Å²) < 4.78 is 10.1. The topological polar surface area (TPSA) is 38.7 Å². The molecule has 0 fully saturated rings. The molecule has 0 heterocycles. The maximum atomic E-state index is 8.69. The predicted molar refractivity (Wildman–Crippen MR) is 94.2 cm³/mol. The van der Waals surface area contributed by atoms with Crippen LogP contribution in [-0.2, 0) is 9.47 Å². The van der Waals surface area contributed by atoms with Crippen LogP contribution in [-0.4, -0.2) is 32.2 Å². The van der Waals surface area contributed by atoms with Crippen molar-refractivity contribution in [1.82, 2.24) is 0 Å². The highest BCUT2D eigenvalue weighted by Gasteiger charge is 1.94. The minimum Gasteiger partial charge on any atom is -0.396 e. The lowest BCUT2D eigenvalue weighted by Gasteiger charge is -2.04. The summed E-state index contributed by atoms with van der Waals surface area (Å²) in [6.07, 6.45) is 19.9. The maximum Gasteiger partial charge on any atom is 0.146 e. The quantitative estimate of drug-likeness (QED) is 0.254. The van der Waals surface area contributed by atoms with Crippen LogP contribution in [0.25, 0.3) is 0 Å². The van der Waals surface area contributed by atoms with Crippen LogP contribution < -0.4 is 0 Å². The lowest BCUT2D eigenvalue weighted by atomic mass is 10.0. The van der Waals surface area contributed by atoms with Crippen LogP contribution in [0.4, 0.5) is 0 Å². The van der Waals surface area contributed by atoms with Crippen LogP contribution in [0.2, 0.25) is 0 Å². The average molecular weight is 317 g/mol. The van der Waals surface area contributed by atoms with Gasteiger partial charge in [-0.2, -0.15) is 0 Å². The van der Waals surface area contributed by atoms with E-state index >= 15 is 0 Å². The van der Waals surface area contributed by atoms with Crippen LogP contribution in [0.1, 0.15) is 96.3 Å². The van der Waals surface area contributed by atoms with Crippen LogP contribution in [0.15, 0.2) is 0 Å². The molecule has 1 N–H and O–H groups in total. The van der Waals surface area contributed by atoms with Crippen molar-refractivity contribution in [3.8, 4) is 0 Å². The first-order valence-electron chi connectivity index (χ1n) is 9.59. The van der Waals surface area contributed by atoms with Gasteiger partial charge in [0.1, 0.15) is 6.79 Å². The Morgan fingerprint density at radius 1 is 0.545 bits per heavy atom. The highest BCUT2D eigenvalue weighted by molar-refractivity contribution is 4.49. The van der Waals surface area contributed by atoms with E-state index in [0.29, 0.717) is 13.4 Å². The van der Waals surface area contributed by atoms with E-state index < -0.39 is 0 Å². The monoisotopic (exact) mass is 316 g/mol. The van der Waals surface area contributed by atoms with E-state index in [1.54, 1.807) is 7.11 Å². The summed E-state index contributed by atoms with van der Waals surface area (Å²) >= 11 is 0.